The van der Waals surface area contributed by atoms with Crippen LogP contribution in [0.15, 0.2) is 66.9 Å². The molecule has 0 amide bonds. The van der Waals surface area contributed by atoms with Crippen molar-refractivity contribution in [1.82, 2.24) is 14.9 Å². The Bertz CT molecular complexity index is 1560. The lowest BCUT2D eigenvalue weighted by Gasteiger charge is -2.28. The maximum Gasteiger partial charge on any atom is 0.271 e. The van der Waals surface area contributed by atoms with Gasteiger partial charge in [-0.05, 0) is 86.6 Å². The predicted octanol–water partition coefficient (Wildman–Crippen LogP) is 6.03. The second-order valence-electron chi connectivity index (χ2n) is 9.21. The zero-order valence-corrected chi connectivity index (χ0v) is 22.1. The molecule has 8 nitrogen and oxygen atoms in total. The van der Waals surface area contributed by atoms with Crippen LogP contribution in [0.4, 0.5) is 15.8 Å². The van der Waals surface area contributed by atoms with Gasteiger partial charge in [0.1, 0.15) is 11.6 Å². The van der Waals surface area contributed by atoms with Gasteiger partial charge in [-0.3, -0.25) is 15.1 Å². The van der Waals surface area contributed by atoms with Crippen LogP contribution >= 0.6 is 12.2 Å². The molecule has 5 rings (SSSR count). The van der Waals surface area contributed by atoms with E-state index < -0.39 is 4.92 Å². The van der Waals surface area contributed by atoms with Crippen molar-refractivity contribution in [3.05, 3.63) is 111 Å². The molecule has 1 N–H and O–H groups in total. The van der Waals surface area contributed by atoms with Crippen molar-refractivity contribution in [2.24, 2.45) is 0 Å². The highest BCUT2D eigenvalue weighted by atomic mass is 32.1. The van der Waals surface area contributed by atoms with Gasteiger partial charge in [-0.25, -0.2) is 4.39 Å². The largest absolute Gasteiger partial charge is 0.495 e. The first-order valence-corrected chi connectivity index (χ1v) is 12.4. The molecule has 0 radical (unpaired) electrons. The Morgan fingerprint density at radius 3 is 2.55 bits per heavy atom. The molecular weight excluding hydrogens is 505 g/mol. The molecule has 0 aliphatic carbocycles. The van der Waals surface area contributed by atoms with Gasteiger partial charge in [-0.2, -0.15) is 0 Å². The Morgan fingerprint density at radius 1 is 1.11 bits per heavy atom. The number of non-ortho nitro benzene ring substituents is 1. The van der Waals surface area contributed by atoms with Crippen LogP contribution in [-0.2, 0) is 0 Å². The number of rotatable bonds is 6. The Labute approximate surface area is 224 Å². The number of nitro groups is 1. The minimum absolute atomic E-state index is 0.0339. The van der Waals surface area contributed by atoms with Gasteiger partial charge in [0, 0.05) is 35.4 Å². The summed E-state index contributed by atoms with van der Waals surface area (Å²) >= 11 is 5.81. The van der Waals surface area contributed by atoms with E-state index in [0.717, 1.165) is 28.3 Å². The third-order valence-corrected chi connectivity index (χ3v) is 7.24. The van der Waals surface area contributed by atoms with Gasteiger partial charge in [-0.15, -0.1) is 0 Å². The number of pyridine rings is 1. The minimum atomic E-state index is -0.424. The fourth-order valence-corrected chi connectivity index (χ4v) is 5.50. The number of nitro benzene ring substituents is 1. The van der Waals surface area contributed by atoms with Crippen molar-refractivity contribution in [3.63, 3.8) is 0 Å². The lowest BCUT2D eigenvalue weighted by Crippen LogP contribution is -2.29. The van der Waals surface area contributed by atoms with Gasteiger partial charge in [0.2, 0.25) is 0 Å². The number of nitrogens with zero attached hydrogens (tertiary/aromatic N) is 4. The van der Waals surface area contributed by atoms with E-state index in [1.807, 2.05) is 47.6 Å². The van der Waals surface area contributed by atoms with Crippen LogP contribution < -0.4 is 15.0 Å². The van der Waals surface area contributed by atoms with Crippen LogP contribution in [0.1, 0.15) is 40.3 Å². The molecule has 0 unspecified atom stereocenters. The zero-order chi connectivity index (χ0) is 27.1. The van der Waals surface area contributed by atoms with Gasteiger partial charge < -0.3 is 19.5 Å². The molecule has 10 heteroatoms. The number of anilines is 1. The third-order valence-electron chi connectivity index (χ3n) is 6.92. The molecule has 3 heterocycles. The fourth-order valence-electron chi connectivity index (χ4n) is 5.15. The van der Waals surface area contributed by atoms with E-state index in [4.69, 9.17) is 17.0 Å². The number of methoxy groups -OCH3 is 1. The molecule has 1 aliphatic rings. The van der Waals surface area contributed by atoms with E-state index in [-0.39, 0.29) is 23.6 Å². The first-order chi connectivity index (χ1) is 18.2. The molecule has 0 bridgehead atoms. The number of benzene rings is 2. The average molecular weight is 532 g/mol. The maximum atomic E-state index is 14.2. The number of ether oxygens (including phenoxy) is 1. The molecule has 0 spiro atoms. The lowest BCUT2D eigenvalue weighted by molar-refractivity contribution is -0.384. The summed E-state index contributed by atoms with van der Waals surface area (Å²) < 4.78 is 21.7. The number of aryl methyl sites for hydroxylation is 2. The van der Waals surface area contributed by atoms with Gasteiger partial charge in [0.15, 0.2) is 5.11 Å². The van der Waals surface area contributed by atoms with E-state index >= 15 is 0 Å². The third kappa shape index (κ3) is 4.26. The van der Waals surface area contributed by atoms with E-state index in [9.17, 15) is 14.5 Å². The van der Waals surface area contributed by atoms with Crippen molar-refractivity contribution in [2.75, 3.05) is 12.0 Å². The van der Waals surface area contributed by atoms with Crippen molar-refractivity contribution in [2.45, 2.75) is 32.9 Å². The second-order valence-corrected chi connectivity index (χ2v) is 9.59. The highest BCUT2D eigenvalue weighted by molar-refractivity contribution is 7.80. The molecule has 194 valence electrons. The maximum absolute atomic E-state index is 14.2. The van der Waals surface area contributed by atoms with Crippen molar-refractivity contribution < 1.29 is 14.1 Å². The monoisotopic (exact) mass is 531 g/mol. The van der Waals surface area contributed by atoms with Crippen LogP contribution in [0, 0.1) is 36.7 Å². The molecule has 1 fully saturated rings. The predicted molar refractivity (Wildman–Crippen MR) is 148 cm³/mol. The normalized spacial score (nSPS) is 17.0. The summed E-state index contributed by atoms with van der Waals surface area (Å²) in [5, 5.41) is 15.5. The number of thiocarbonyl (C=S) groups is 1. The van der Waals surface area contributed by atoms with Crippen LogP contribution in [-0.4, -0.2) is 26.7 Å². The van der Waals surface area contributed by atoms with Crippen molar-refractivity contribution in [3.8, 4) is 11.4 Å². The van der Waals surface area contributed by atoms with Crippen LogP contribution in [0.2, 0.25) is 0 Å². The quantitative estimate of drug-likeness (QED) is 0.185. The Balaban J connectivity index is 1.71. The topological polar surface area (TPSA) is 85.5 Å². The molecule has 0 saturated carbocycles. The summed E-state index contributed by atoms with van der Waals surface area (Å²) in [5.41, 5.74) is 5.27. The summed E-state index contributed by atoms with van der Waals surface area (Å²) in [6, 6.07) is 16.6. The van der Waals surface area contributed by atoms with E-state index in [1.54, 1.807) is 31.3 Å². The molecule has 1 saturated heterocycles. The number of halogens is 1. The summed E-state index contributed by atoms with van der Waals surface area (Å²) in [6.07, 6.45) is 1.74. The zero-order valence-electron chi connectivity index (χ0n) is 21.3. The molecule has 2 aromatic heterocycles. The average Bonchev–Trinajstić information content (AvgIpc) is 3.40. The molecule has 1 aliphatic heterocycles. The SMILES string of the molecule is COc1ccc([N+](=O)[O-])cc1-n1c(C)cc([C@H]2[C@H](c3ccccn3)NC(=S)N2c2ccc(F)c(C)c2)c1C. The summed E-state index contributed by atoms with van der Waals surface area (Å²) in [5.74, 6) is 0.219. The van der Waals surface area contributed by atoms with E-state index in [0.29, 0.717) is 22.1 Å². The molecule has 2 aromatic carbocycles. The van der Waals surface area contributed by atoms with E-state index in [2.05, 4.69) is 10.3 Å². The minimum Gasteiger partial charge on any atom is -0.495 e. The Kier molecular flexibility index (Phi) is 6.58. The number of nitrogens with one attached hydrogen (secondary N) is 1. The molecule has 4 aromatic rings. The number of hydrogen-bond acceptors (Lipinski definition) is 5. The molecular formula is C28H26FN5O3S. The number of hydrogen-bond donors (Lipinski definition) is 1. The van der Waals surface area contributed by atoms with Crippen molar-refractivity contribution >= 4 is 28.7 Å². The second kappa shape index (κ2) is 9.86. The summed E-state index contributed by atoms with van der Waals surface area (Å²) in [4.78, 5) is 17.7. The van der Waals surface area contributed by atoms with Crippen LogP contribution in [0.25, 0.3) is 5.69 Å². The first kappa shape index (κ1) is 25.3. The summed E-state index contributed by atoms with van der Waals surface area (Å²) in [7, 11) is 1.54. The lowest BCUT2D eigenvalue weighted by atomic mass is 9.96. The van der Waals surface area contributed by atoms with Crippen LogP contribution in [0.3, 0.4) is 0 Å². The smallest absolute Gasteiger partial charge is 0.271 e. The molecule has 38 heavy (non-hydrogen) atoms. The molecule has 2 atom stereocenters. The Morgan fingerprint density at radius 2 is 1.89 bits per heavy atom. The highest BCUT2D eigenvalue weighted by Crippen LogP contribution is 2.44. The van der Waals surface area contributed by atoms with E-state index in [1.165, 1.54) is 25.3 Å². The number of aromatic nitrogens is 2. The van der Waals surface area contributed by atoms with Crippen molar-refractivity contribution in [1.29, 1.82) is 0 Å². The Hall–Kier alpha value is -4.31. The van der Waals surface area contributed by atoms with Crippen LogP contribution in [0.5, 0.6) is 5.75 Å². The summed E-state index contributed by atoms with van der Waals surface area (Å²) in [6.45, 7) is 5.63. The highest BCUT2D eigenvalue weighted by Gasteiger charge is 2.42. The van der Waals surface area contributed by atoms with Gasteiger partial charge in [0.25, 0.3) is 5.69 Å². The van der Waals surface area contributed by atoms with Gasteiger partial charge >= 0.3 is 0 Å². The fraction of sp³-hybridized carbons (Fsp3) is 0.214. The first-order valence-electron chi connectivity index (χ1n) is 12.0. The van der Waals surface area contributed by atoms with Gasteiger partial charge in [0.05, 0.1) is 35.5 Å². The standard InChI is InChI=1S/C28H26FN5O3S/c1-16-13-19(8-10-22(16)29)33-27(26(31-28(33)38)23-7-5-6-12-30-23)21-14-17(2)32(18(21)3)24-15-20(34(35)36)9-11-25(24)37-4/h5-15,26-27H,1-4H3,(H,31,38)/t26-,27-/m0/s1. The van der Waals surface area contributed by atoms with Gasteiger partial charge in [-0.1, -0.05) is 6.07 Å².